The highest BCUT2D eigenvalue weighted by Gasteiger charge is 2.53. The van der Waals surface area contributed by atoms with Gasteiger partial charge in [-0.2, -0.15) is 13.2 Å². The second kappa shape index (κ2) is 7.20. The minimum absolute atomic E-state index is 0.246. The Kier molecular flexibility index (Phi) is 5.44. The van der Waals surface area contributed by atoms with Crippen LogP contribution in [0.4, 0.5) is 13.2 Å². The molecular weight excluding hydrogens is 343 g/mol. The Labute approximate surface area is 142 Å². The van der Waals surface area contributed by atoms with Gasteiger partial charge in [0.2, 0.25) is 5.91 Å². The number of carboxylic acid groups (broad SMARTS) is 1. The van der Waals surface area contributed by atoms with Crippen LogP contribution in [-0.2, 0) is 16.0 Å². The normalized spacial score (nSPS) is 20.4. The molecule has 1 amide bonds. The molecular formula is C16H18F3NO5. The summed E-state index contributed by atoms with van der Waals surface area (Å²) < 4.78 is 49.4. The first-order valence-corrected chi connectivity index (χ1v) is 7.46. The number of amides is 1. The number of carbonyl (C=O) groups is 2. The molecule has 2 rings (SSSR count). The van der Waals surface area contributed by atoms with Crippen LogP contribution in [0.3, 0.4) is 0 Å². The van der Waals surface area contributed by atoms with Crippen LogP contribution in [0, 0.1) is 11.8 Å². The Morgan fingerprint density at radius 1 is 1.20 bits per heavy atom. The van der Waals surface area contributed by atoms with Crippen molar-refractivity contribution in [3.8, 4) is 11.5 Å². The molecule has 1 aliphatic rings. The number of carbonyl (C=O) groups excluding carboxylic acids is 1. The summed E-state index contributed by atoms with van der Waals surface area (Å²) in [6.45, 7) is -1.15. The smallest absolute Gasteiger partial charge is 0.394 e. The van der Waals surface area contributed by atoms with Crippen molar-refractivity contribution < 1.29 is 37.3 Å². The van der Waals surface area contributed by atoms with Gasteiger partial charge >= 0.3 is 12.1 Å². The lowest BCUT2D eigenvalue weighted by molar-refractivity contribution is -0.188. The summed E-state index contributed by atoms with van der Waals surface area (Å²) in [5.41, 5.74) is 0.403. The Balaban J connectivity index is 2.21. The van der Waals surface area contributed by atoms with Crippen molar-refractivity contribution in [2.75, 3.05) is 27.3 Å². The Hall–Kier alpha value is -2.45. The van der Waals surface area contributed by atoms with Gasteiger partial charge in [0.25, 0.3) is 0 Å². The number of hydrogen-bond donors (Lipinski definition) is 1. The van der Waals surface area contributed by atoms with Crippen LogP contribution >= 0.6 is 0 Å². The minimum atomic E-state index is -4.68. The summed E-state index contributed by atoms with van der Waals surface area (Å²) >= 11 is 0. The number of methoxy groups -OCH3 is 2. The molecule has 1 aromatic rings. The maximum absolute atomic E-state index is 13.0. The van der Waals surface area contributed by atoms with Crippen molar-refractivity contribution in [3.05, 3.63) is 23.8 Å². The number of alkyl halides is 3. The molecule has 0 aliphatic carbocycles. The van der Waals surface area contributed by atoms with Crippen molar-refractivity contribution in [1.29, 1.82) is 0 Å². The number of ether oxygens (including phenoxy) is 2. The van der Waals surface area contributed by atoms with E-state index in [1.165, 1.54) is 14.2 Å². The van der Waals surface area contributed by atoms with Gasteiger partial charge in [-0.1, -0.05) is 6.07 Å². The summed E-state index contributed by atoms with van der Waals surface area (Å²) in [5, 5.41) is 9.02. The van der Waals surface area contributed by atoms with Gasteiger partial charge in [-0.25, -0.2) is 0 Å². The van der Waals surface area contributed by atoms with Crippen molar-refractivity contribution in [2.45, 2.75) is 12.6 Å². The van der Waals surface area contributed by atoms with E-state index in [1.807, 2.05) is 0 Å². The van der Waals surface area contributed by atoms with E-state index in [2.05, 4.69) is 0 Å². The number of carboxylic acids is 1. The molecule has 0 bridgehead atoms. The fourth-order valence-electron chi connectivity index (χ4n) is 2.95. The molecule has 0 aromatic heterocycles. The number of likely N-dealkylation sites (tertiary alicyclic amines) is 1. The summed E-state index contributed by atoms with van der Waals surface area (Å²) in [7, 11) is 2.80. The fraction of sp³-hybridized carbons (Fsp3) is 0.500. The third-order valence-corrected chi connectivity index (χ3v) is 4.27. The molecule has 1 aliphatic heterocycles. The van der Waals surface area contributed by atoms with Crippen LogP contribution in [0.2, 0.25) is 0 Å². The van der Waals surface area contributed by atoms with Gasteiger partial charge in [-0.3, -0.25) is 9.59 Å². The number of nitrogens with zero attached hydrogens (tertiary/aromatic N) is 1. The largest absolute Gasteiger partial charge is 0.496 e. The van der Waals surface area contributed by atoms with Gasteiger partial charge in [-0.05, 0) is 12.1 Å². The zero-order valence-electron chi connectivity index (χ0n) is 13.7. The molecule has 6 nitrogen and oxygen atoms in total. The van der Waals surface area contributed by atoms with Gasteiger partial charge in [0.15, 0.2) is 0 Å². The van der Waals surface area contributed by atoms with Crippen LogP contribution in [0.15, 0.2) is 18.2 Å². The molecule has 1 saturated heterocycles. The highest BCUT2D eigenvalue weighted by molar-refractivity contribution is 5.82. The molecule has 1 N–H and O–H groups in total. The average Bonchev–Trinajstić information content (AvgIpc) is 3.01. The fourth-order valence-corrected chi connectivity index (χ4v) is 2.95. The van der Waals surface area contributed by atoms with Crippen molar-refractivity contribution in [1.82, 2.24) is 4.90 Å². The number of halogens is 3. The topological polar surface area (TPSA) is 76.1 Å². The third kappa shape index (κ3) is 3.97. The average molecular weight is 361 g/mol. The first kappa shape index (κ1) is 18.9. The zero-order chi connectivity index (χ0) is 18.8. The molecule has 1 heterocycles. The number of rotatable bonds is 5. The van der Waals surface area contributed by atoms with Crippen molar-refractivity contribution in [3.63, 3.8) is 0 Å². The SMILES string of the molecule is COc1cccc(OC)c1CC(=O)N1C[C@@H](C(F)(F)F)[C@H](C(=O)O)C1. The summed E-state index contributed by atoms with van der Waals surface area (Å²) in [6.07, 6.45) is -4.93. The van der Waals surface area contributed by atoms with Crippen molar-refractivity contribution in [2.24, 2.45) is 11.8 Å². The minimum Gasteiger partial charge on any atom is -0.496 e. The van der Waals surface area contributed by atoms with E-state index in [0.717, 1.165) is 4.90 Å². The molecule has 0 spiro atoms. The molecule has 0 unspecified atom stereocenters. The van der Waals surface area contributed by atoms with E-state index in [0.29, 0.717) is 17.1 Å². The van der Waals surface area contributed by atoms with Crippen LogP contribution < -0.4 is 9.47 Å². The highest BCUT2D eigenvalue weighted by atomic mass is 19.4. The Morgan fingerprint density at radius 3 is 2.16 bits per heavy atom. The molecule has 9 heteroatoms. The predicted octanol–water partition coefficient (Wildman–Crippen LogP) is 1.97. The predicted molar refractivity (Wildman–Crippen MR) is 80.5 cm³/mol. The van der Waals surface area contributed by atoms with E-state index in [1.54, 1.807) is 18.2 Å². The quantitative estimate of drug-likeness (QED) is 0.868. The van der Waals surface area contributed by atoms with Gasteiger partial charge in [0, 0.05) is 18.7 Å². The molecule has 1 fully saturated rings. The van der Waals surface area contributed by atoms with Crippen LogP contribution in [-0.4, -0.2) is 55.4 Å². The van der Waals surface area contributed by atoms with E-state index < -0.39 is 43.0 Å². The number of benzene rings is 1. The van der Waals surface area contributed by atoms with E-state index in [-0.39, 0.29) is 6.42 Å². The first-order valence-electron chi connectivity index (χ1n) is 7.46. The van der Waals surface area contributed by atoms with E-state index in [9.17, 15) is 22.8 Å². The summed E-state index contributed by atoms with van der Waals surface area (Å²) in [4.78, 5) is 24.5. The second-order valence-electron chi connectivity index (χ2n) is 5.71. The lowest BCUT2D eigenvalue weighted by atomic mass is 9.96. The molecule has 0 saturated carbocycles. The van der Waals surface area contributed by atoms with Crippen LogP contribution in [0.1, 0.15) is 5.56 Å². The van der Waals surface area contributed by atoms with E-state index in [4.69, 9.17) is 14.6 Å². The third-order valence-electron chi connectivity index (χ3n) is 4.27. The highest BCUT2D eigenvalue weighted by Crippen LogP contribution is 2.38. The summed E-state index contributed by atoms with van der Waals surface area (Å²) in [6, 6.07) is 4.86. The van der Waals surface area contributed by atoms with Gasteiger partial charge in [0.1, 0.15) is 11.5 Å². The lowest BCUT2D eigenvalue weighted by Gasteiger charge is -2.19. The maximum atomic E-state index is 13.0. The number of aliphatic carboxylic acids is 1. The molecule has 2 atom stereocenters. The van der Waals surface area contributed by atoms with E-state index >= 15 is 0 Å². The van der Waals surface area contributed by atoms with Gasteiger partial charge < -0.3 is 19.5 Å². The maximum Gasteiger partial charge on any atom is 0.394 e. The van der Waals surface area contributed by atoms with Gasteiger partial charge in [-0.15, -0.1) is 0 Å². The lowest BCUT2D eigenvalue weighted by Crippen LogP contribution is -2.34. The number of hydrogen-bond acceptors (Lipinski definition) is 4. The van der Waals surface area contributed by atoms with Crippen molar-refractivity contribution >= 4 is 11.9 Å². The first-order chi connectivity index (χ1) is 11.7. The Morgan fingerprint density at radius 2 is 1.76 bits per heavy atom. The standard InChI is InChI=1S/C16H18F3NO5/c1-24-12-4-3-5-13(25-2)9(12)6-14(21)20-7-10(15(22)23)11(8-20)16(17,18)19/h3-5,10-11H,6-8H2,1-2H3,(H,22,23)/t10-,11-/m1/s1. The molecule has 138 valence electrons. The van der Waals surface area contributed by atoms with Gasteiger partial charge in [0.05, 0.1) is 32.5 Å². The molecule has 1 aromatic carbocycles. The summed E-state index contributed by atoms with van der Waals surface area (Å²) in [5.74, 6) is -5.17. The Bertz CT molecular complexity index is 639. The molecule has 0 radical (unpaired) electrons. The van der Waals surface area contributed by atoms with Crippen LogP contribution in [0.25, 0.3) is 0 Å². The monoisotopic (exact) mass is 361 g/mol. The molecule has 25 heavy (non-hydrogen) atoms. The van der Waals surface area contributed by atoms with Crippen LogP contribution in [0.5, 0.6) is 11.5 Å². The zero-order valence-corrected chi connectivity index (χ0v) is 13.7. The second-order valence-corrected chi connectivity index (χ2v) is 5.71.